The molecule has 1 amide bonds. The van der Waals surface area contributed by atoms with Gasteiger partial charge in [-0.3, -0.25) is 9.78 Å². The lowest BCUT2D eigenvalue weighted by Crippen LogP contribution is -2.23. The van der Waals surface area contributed by atoms with Crippen LogP contribution in [0.5, 0.6) is 5.75 Å². The van der Waals surface area contributed by atoms with Crippen LogP contribution < -0.4 is 5.32 Å². The molecule has 4 nitrogen and oxygen atoms in total. The number of aromatic hydroxyl groups is 1. The van der Waals surface area contributed by atoms with Crippen LogP contribution in [0.25, 0.3) is 0 Å². The Hall–Kier alpha value is -2.43. The highest BCUT2D eigenvalue weighted by Gasteiger charge is 2.10. The maximum absolute atomic E-state index is 13.3. The highest BCUT2D eigenvalue weighted by Crippen LogP contribution is 2.10. The maximum Gasteiger partial charge on any atom is 0.254 e. The second-order valence-corrected chi connectivity index (χ2v) is 3.70. The first-order chi connectivity index (χ1) is 8.66. The molecule has 92 valence electrons. The Bertz CT molecular complexity index is 555. The van der Waals surface area contributed by atoms with E-state index in [1.807, 2.05) is 0 Å². The Morgan fingerprint density at radius 1 is 1.28 bits per heavy atom. The molecule has 2 N–H and O–H groups in total. The summed E-state index contributed by atoms with van der Waals surface area (Å²) in [6.07, 6.45) is 2.36. The fourth-order valence-corrected chi connectivity index (χ4v) is 1.45. The minimum atomic E-state index is -0.652. The summed E-state index contributed by atoms with van der Waals surface area (Å²) in [6, 6.07) is 7.72. The minimum Gasteiger partial charge on any atom is -0.508 e. The summed E-state index contributed by atoms with van der Waals surface area (Å²) in [6.45, 7) is 0.265. The van der Waals surface area contributed by atoms with Crippen LogP contribution in [0, 0.1) is 5.82 Å². The van der Waals surface area contributed by atoms with Crippen molar-refractivity contribution >= 4 is 5.91 Å². The van der Waals surface area contributed by atoms with Crippen molar-refractivity contribution in [3.05, 3.63) is 59.7 Å². The van der Waals surface area contributed by atoms with E-state index in [1.54, 1.807) is 12.1 Å². The van der Waals surface area contributed by atoms with Crippen LogP contribution in [0.4, 0.5) is 4.39 Å². The van der Waals surface area contributed by atoms with E-state index in [4.69, 9.17) is 5.11 Å². The second-order valence-electron chi connectivity index (χ2n) is 3.70. The predicted molar refractivity (Wildman–Crippen MR) is 63.5 cm³/mol. The molecule has 1 heterocycles. The lowest BCUT2D eigenvalue weighted by molar-refractivity contribution is 0.0946. The quantitative estimate of drug-likeness (QED) is 0.868. The first-order valence-electron chi connectivity index (χ1n) is 5.32. The molecule has 0 bridgehead atoms. The molecule has 0 spiro atoms. The van der Waals surface area contributed by atoms with E-state index in [-0.39, 0.29) is 17.9 Å². The van der Waals surface area contributed by atoms with Crippen LogP contribution in [0.1, 0.15) is 15.9 Å². The predicted octanol–water partition coefficient (Wildman–Crippen LogP) is 1.86. The van der Waals surface area contributed by atoms with E-state index in [2.05, 4.69) is 10.3 Å². The molecule has 2 rings (SSSR count). The number of nitrogens with zero attached hydrogens (tertiary/aromatic N) is 1. The highest BCUT2D eigenvalue weighted by atomic mass is 19.1. The van der Waals surface area contributed by atoms with Gasteiger partial charge in [-0.15, -0.1) is 0 Å². The van der Waals surface area contributed by atoms with Crippen molar-refractivity contribution in [2.75, 3.05) is 0 Å². The fourth-order valence-electron chi connectivity index (χ4n) is 1.45. The number of phenols is 1. The van der Waals surface area contributed by atoms with E-state index in [9.17, 15) is 9.18 Å². The van der Waals surface area contributed by atoms with E-state index < -0.39 is 11.7 Å². The Morgan fingerprint density at radius 2 is 2.00 bits per heavy atom. The van der Waals surface area contributed by atoms with Crippen LogP contribution in [0.2, 0.25) is 0 Å². The number of halogens is 1. The number of hydrogen-bond acceptors (Lipinski definition) is 3. The van der Waals surface area contributed by atoms with Crippen molar-refractivity contribution in [3.8, 4) is 5.75 Å². The van der Waals surface area contributed by atoms with Crippen molar-refractivity contribution in [2.24, 2.45) is 0 Å². The molecule has 0 aliphatic heterocycles. The van der Waals surface area contributed by atoms with Gasteiger partial charge in [-0.2, -0.15) is 0 Å². The summed E-state index contributed by atoms with van der Waals surface area (Å²) in [5, 5.41) is 11.7. The average Bonchev–Trinajstić information content (AvgIpc) is 2.38. The number of hydrogen-bond donors (Lipinski definition) is 2. The average molecular weight is 246 g/mol. The number of pyridine rings is 1. The standard InChI is InChI=1S/C13H11FN2O2/c14-12-8-15-6-5-11(12)13(18)16-7-9-1-3-10(17)4-2-9/h1-6,8,17H,7H2,(H,16,18). The van der Waals surface area contributed by atoms with Gasteiger partial charge in [0.05, 0.1) is 11.8 Å². The van der Waals surface area contributed by atoms with Gasteiger partial charge >= 0.3 is 0 Å². The lowest BCUT2D eigenvalue weighted by Gasteiger charge is -2.06. The molecular weight excluding hydrogens is 235 g/mol. The molecule has 0 unspecified atom stereocenters. The van der Waals surface area contributed by atoms with Gasteiger partial charge in [0.1, 0.15) is 5.75 Å². The topological polar surface area (TPSA) is 62.2 Å². The molecule has 0 saturated carbocycles. The van der Waals surface area contributed by atoms with Gasteiger partial charge in [0.15, 0.2) is 5.82 Å². The summed E-state index contributed by atoms with van der Waals surface area (Å²) >= 11 is 0. The Kier molecular flexibility index (Phi) is 3.52. The van der Waals surface area contributed by atoms with E-state index in [0.717, 1.165) is 11.8 Å². The number of benzene rings is 1. The normalized spacial score (nSPS) is 10.1. The van der Waals surface area contributed by atoms with E-state index in [1.165, 1.54) is 24.4 Å². The molecule has 0 aliphatic rings. The number of amides is 1. The zero-order chi connectivity index (χ0) is 13.0. The highest BCUT2D eigenvalue weighted by molar-refractivity contribution is 5.94. The molecule has 0 radical (unpaired) electrons. The summed E-state index contributed by atoms with van der Waals surface area (Å²) in [7, 11) is 0. The first-order valence-corrected chi connectivity index (χ1v) is 5.32. The summed E-state index contributed by atoms with van der Waals surface area (Å²) in [4.78, 5) is 15.3. The molecule has 2 aromatic rings. The zero-order valence-electron chi connectivity index (χ0n) is 9.43. The van der Waals surface area contributed by atoms with E-state index in [0.29, 0.717) is 0 Å². The number of phenolic OH excluding ortho intramolecular Hbond substituents is 1. The SMILES string of the molecule is O=C(NCc1ccc(O)cc1)c1ccncc1F. The molecule has 0 saturated heterocycles. The van der Waals surface area contributed by atoms with Crippen molar-refractivity contribution in [2.45, 2.75) is 6.54 Å². The van der Waals surface area contributed by atoms with Gasteiger partial charge in [-0.05, 0) is 23.8 Å². The largest absolute Gasteiger partial charge is 0.508 e. The molecule has 5 heteroatoms. The Labute approximate surface area is 103 Å². The molecule has 1 aromatic heterocycles. The van der Waals surface area contributed by atoms with Gasteiger partial charge in [-0.1, -0.05) is 12.1 Å². The smallest absolute Gasteiger partial charge is 0.254 e. The lowest BCUT2D eigenvalue weighted by atomic mass is 10.2. The van der Waals surface area contributed by atoms with Crippen LogP contribution in [-0.2, 0) is 6.54 Å². The van der Waals surface area contributed by atoms with Gasteiger partial charge in [-0.25, -0.2) is 4.39 Å². The molecule has 0 atom stereocenters. The third kappa shape index (κ3) is 2.82. The van der Waals surface area contributed by atoms with Crippen LogP contribution in [-0.4, -0.2) is 16.0 Å². The van der Waals surface area contributed by atoms with Crippen LogP contribution >= 0.6 is 0 Å². The fraction of sp³-hybridized carbons (Fsp3) is 0.0769. The summed E-state index contributed by atoms with van der Waals surface area (Å²) in [5.41, 5.74) is 0.777. The van der Waals surface area contributed by atoms with Gasteiger partial charge in [0, 0.05) is 12.7 Å². The number of rotatable bonds is 3. The van der Waals surface area contributed by atoms with Gasteiger partial charge in [0.2, 0.25) is 0 Å². The van der Waals surface area contributed by atoms with Crippen LogP contribution in [0.15, 0.2) is 42.7 Å². The zero-order valence-corrected chi connectivity index (χ0v) is 9.43. The number of carbonyl (C=O) groups excluding carboxylic acids is 1. The van der Waals surface area contributed by atoms with Crippen LogP contribution in [0.3, 0.4) is 0 Å². The van der Waals surface area contributed by atoms with Crippen molar-refractivity contribution in [3.63, 3.8) is 0 Å². The van der Waals surface area contributed by atoms with Gasteiger partial charge in [0.25, 0.3) is 5.91 Å². The summed E-state index contributed by atoms with van der Waals surface area (Å²) < 4.78 is 13.3. The van der Waals surface area contributed by atoms with E-state index >= 15 is 0 Å². The number of carbonyl (C=O) groups is 1. The first kappa shape index (κ1) is 12.0. The minimum absolute atomic E-state index is 0.0382. The molecular formula is C13H11FN2O2. The molecule has 0 fully saturated rings. The number of aromatic nitrogens is 1. The number of nitrogens with one attached hydrogen (secondary N) is 1. The molecule has 0 aliphatic carbocycles. The Balaban J connectivity index is 2.01. The van der Waals surface area contributed by atoms with Crippen molar-refractivity contribution in [1.29, 1.82) is 0 Å². The third-order valence-electron chi connectivity index (χ3n) is 2.41. The molecule has 1 aromatic carbocycles. The maximum atomic E-state index is 13.3. The molecule has 18 heavy (non-hydrogen) atoms. The summed E-state index contributed by atoms with van der Waals surface area (Å²) in [5.74, 6) is -0.992. The van der Waals surface area contributed by atoms with Crippen molar-refractivity contribution < 1.29 is 14.3 Å². The monoisotopic (exact) mass is 246 g/mol. The second kappa shape index (κ2) is 5.27. The third-order valence-corrected chi connectivity index (χ3v) is 2.41. The Morgan fingerprint density at radius 3 is 2.67 bits per heavy atom. The van der Waals surface area contributed by atoms with Gasteiger partial charge < -0.3 is 10.4 Å². The van der Waals surface area contributed by atoms with Crippen molar-refractivity contribution in [1.82, 2.24) is 10.3 Å².